The highest BCUT2D eigenvalue weighted by molar-refractivity contribution is 6.26. The summed E-state index contributed by atoms with van der Waals surface area (Å²) in [5, 5.41) is 29.2. The van der Waals surface area contributed by atoms with Crippen LogP contribution in [0.15, 0.2) is 449 Å². The molecule has 0 unspecified atom stereocenters. The van der Waals surface area contributed by atoms with E-state index in [1.54, 1.807) is 0 Å². The molecule has 0 amide bonds. The van der Waals surface area contributed by atoms with Gasteiger partial charge in [-0.15, -0.1) is 0 Å². The zero-order valence-electron chi connectivity index (χ0n) is 86.7. The van der Waals surface area contributed by atoms with E-state index in [0.717, 1.165) is 0 Å². The van der Waals surface area contributed by atoms with Gasteiger partial charge in [-0.25, -0.2) is 0 Å². The highest BCUT2D eigenvalue weighted by Crippen LogP contribution is 2.52. The van der Waals surface area contributed by atoms with Crippen LogP contribution >= 0.6 is 0 Å². The second-order valence-electron chi connectivity index (χ2n) is 45.9. The molecule has 0 N–H and O–H groups in total. The lowest BCUT2D eigenvalue weighted by atomic mass is 9.82. The van der Waals surface area contributed by atoms with Crippen molar-refractivity contribution in [3.63, 3.8) is 0 Å². The first kappa shape index (κ1) is 99.9. The molecule has 0 heteroatoms. The van der Waals surface area contributed by atoms with Gasteiger partial charge in [-0.1, -0.05) is 583 Å². The van der Waals surface area contributed by atoms with Crippen LogP contribution < -0.4 is 0 Å². The van der Waals surface area contributed by atoms with Crippen molar-refractivity contribution in [3.8, 4) is 77.9 Å². The highest BCUT2D eigenvalue weighted by Gasteiger charge is 2.36. The van der Waals surface area contributed by atoms with E-state index >= 15 is 0 Å². The third-order valence-electron chi connectivity index (χ3n) is 23.8. The third-order valence-corrected chi connectivity index (χ3v) is 23.8. The second-order valence-corrected chi connectivity index (χ2v) is 45.9. The van der Waals surface area contributed by atoms with Crippen LogP contribution in [0.1, 0.15) is 163 Å². The third kappa shape index (κ3) is 25.5. The minimum absolute atomic E-state index is 0.107. The van der Waals surface area contributed by atoms with Gasteiger partial charge in [0.05, 0.1) is 0 Å². The Balaban J connectivity index is 0.000000126. The minimum atomic E-state index is 0.107. The molecule has 0 aromatic heterocycles. The molecule has 0 aliphatic heterocycles. The Kier molecular flexibility index (Phi) is 30.8. The van der Waals surface area contributed by atoms with E-state index in [1.165, 1.54) is 208 Å². The van der Waals surface area contributed by atoms with Gasteiger partial charge in [-0.05, 0) is 253 Å². The van der Waals surface area contributed by atoms with Gasteiger partial charge in [-0.3, -0.25) is 0 Å². The van der Waals surface area contributed by atoms with Gasteiger partial charge in [-0.2, -0.15) is 0 Å². The molecule has 0 radical (unpaired) electrons. The highest BCUT2D eigenvalue weighted by atomic mass is 14.4. The van der Waals surface area contributed by atoms with E-state index in [-0.39, 0.29) is 5.41 Å². The SMILES string of the molecule is CC(C)(C)C.CC(C)(C)C.CC(C)(C)C.CC(C)(C)C.CC(C)(C)C.CC1(C)c2ccccc2-c2c1ccc1ccccc21.c1cc2ccc3cccc4ccc(c1)c2c34.c1ccc(-c2ccc3c(ccc4c(-c5ccccc5)cccc43)c2)cc1.c1ccc(-c2ccc3ccc4c(-c5ccccc5)cccc4c3c2)cc1.c1ccc(-c2cccc(-c3ccc4ccc5cccc6ccc3c4c56)c2)cc1. The first-order chi connectivity index (χ1) is 66.8. The maximum atomic E-state index is 2.33. The van der Waals surface area contributed by atoms with Crippen molar-refractivity contribution in [2.24, 2.45) is 27.1 Å². The lowest BCUT2D eigenvalue weighted by Crippen LogP contribution is -2.14. The molecular weight excluding hydrogens is 1680 g/mol. The summed E-state index contributed by atoms with van der Waals surface area (Å²) in [6.07, 6.45) is 0. The number of fused-ring (bicyclic) bond motifs is 11. The molecule has 0 spiro atoms. The van der Waals surface area contributed by atoms with E-state index in [0.29, 0.717) is 27.1 Å². The van der Waals surface area contributed by atoms with E-state index in [1.807, 2.05) is 0 Å². The summed E-state index contributed by atoms with van der Waals surface area (Å²) in [5.74, 6) is 0. The van der Waals surface area contributed by atoms with Gasteiger partial charge in [0.1, 0.15) is 0 Å². The molecular formula is C140H140. The Labute approximate surface area is 835 Å². The van der Waals surface area contributed by atoms with Gasteiger partial charge < -0.3 is 0 Å². The van der Waals surface area contributed by atoms with Crippen LogP contribution in [0, 0.1) is 27.1 Å². The molecule has 24 rings (SSSR count). The maximum Gasteiger partial charge on any atom is 0.0159 e. The van der Waals surface area contributed by atoms with Crippen molar-refractivity contribution in [1.29, 1.82) is 0 Å². The van der Waals surface area contributed by atoms with Crippen molar-refractivity contribution in [1.82, 2.24) is 0 Å². The van der Waals surface area contributed by atoms with Crippen molar-refractivity contribution in [3.05, 3.63) is 460 Å². The van der Waals surface area contributed by atoms with E-state index in [4.69, 9.17) is 0 Å². The summed E-state index contributed by atoms with van der Waals surface area (Å²) >= 11 is 0. The molecule has 0 bridgehead atoms. The predicted octanol–water partition coefficient (Wildman–Crippen LogP) is 42.6. The van der Waals surface area contributed by atoms with Gasteiger partial charge in [0.15, 0.2) is 0 Å². The number of hydrogen-bond acceptors (Lipinski definition) is 0. The minimum Gasteiger partial charge on any atom is -0.0622 e. The largest absolute Gasteiger partial charge is 0.0622 e. The van der Waals surface area contributed by atoms with Crippen LogP contribution in [0.3, 0.4) is 0 Å². The number of hydrogen-bond donors (Lipinski definition) is 0. The van der Waals surface area contributed by atoms with Gasteiger partial charge in [0, 0.05) is 5.41 Å². The van der Waals surface area contributed by atoms with Crippen LogP contribution in [0.4, 0.5) is 0 Å². The summed E-state index contributed by atoms with van der Waals surface area (Å²) < 4.78 is 0. The average molecular weight is 1820 g/mol. The fraction of sp³-hybridized carbons (Fsp3) is 0.200. The second kappa shape index (κ2) is 43.2. The molecule has 0 saturated carbocycles. The van der Waals surface area contributed by atoms with Crippen molar-refractivity contribution < 1.29 is 0 Å². The van der Waals surface area contributed by atoms with Crippen molar-refractivity contribution in [2.45, 2.75) is 158 Å². The fourth-order valence-corrected chi connectivity index (χ4v) is 18.2. The Bertz CT molecular complexity index is 7830. The lowest BCUT2D eigenvalue weighted by Gasteiger charge is -2.21. The monoisotopic (exact) mass is 1820 g/mol. The first-order valence-corrected chi connectivity index (χ1v) is 50.0. The summed E-state index contributed by atoms with van der Waals surface area (Å²) in [4.78, 5) is 0. The number of rotatable bonds is 6. The Morgan fingerprint density at radius 1 is 0.136 bits per heavy atom. The predicted molar refractivity (Wildman–Crippen MR) is 623 cm³/mol. The van der Waals surface area contributed by atoms with Gasteiger partial charge in [0.2, 0.25) is 0 Å². The molecule has 0 fully saturated rings. The van der Waals surface area contributed by atoms with Crippen molar-refractivity contribution >= 4 is 118 Å². The Morgan fingerprint density at radius 2 is 0.400 bits per heavy atom. The topological polar surface area (TPSA) is 0 Å². The molecule has 23 aromatic rings. The van der Waals surface area contributed by atoms with Crippen LogP contribution in [-0.2, 0) is 5.41 Å². The summed E-state index contributed by atoms with van der Waals surface area (Å²) in [7, 11) is 0. The zero-order chi connectivity index (χ0) is 99.3. The van der Waals surface area contributed by atoms with Crippen molar-refractivity contribution in [2.75, 3.05) is 0 Å². The zero-order valence-corrected chi connectivity index (χ0v) is 86.7. The Morgan fingerprint density at radius 3 is 0.864 bits per heavy atom. The first-order valence-electron chi connectivity index (χ1n) is 50.0. The smallest absolute Gasteiger partial charge is 0.0159 e. The molecule has 0 atom stereocenters. The van der Waals surface area contributed by atoms with Crippen LogP contribution in [0.5, 0.6) is 0 Å². The summed E-state index contributed by atoms with van der Waals surface area (Å²) in [5.41, 5.74) is 23.5. The van der Waals surface area contributed by atoms with E-state index in [2.05, 4.69) is 601 Å². The fourth-order valence-electron chi connectivity index (χ4n) is 18.2. The summed E-state index contributed by atoms with van der Waals surface area (Å²) in [6.45, 7) is 48.4. The van der Waals surface area contributed by atoms with E-state index < -0.39 is 0 Å². The molecule has 23 aromatic carbocycles. The normalized spacial score (nSPS) is 12.0. The quantitative estimate of drug-likeness (QED) is 0.146. The standard InChI is InChI=1S/C28H18.2C26H18.C19H16.C16H10.5C5H12/c1-2-6-19(7-3-1)23-10-5-11-24(18-23)25-16-14-22-13-12-20-8-4-9-21-15-17-26(25)28(22)27(20)21;1-3-8-19(9-4-1)21-14-16-24-22(18-21)15-17-26-23(12-7-13-25(24)26)20-10-5-2-6-11-20;1-3-8-19(9-4-1)22-15-14-21-16-17-25-23(20-10-5-2-6-11-20)12-7-13-24(25)26(21)18-22;1-19(2)16-10-6-5-9-15(16)18-14-8-4-3-7-13(14)11-12-17(18)19;1-3-11-7-9-13-5-2-6-14-10-8-12(4-1)15(11)16(13)14;5*1-5(2,3)4/h1-18H;2*1-18H;3-12H,1-2H3;1-10H;5*1-4H3. The van der Waals surface area contributed by atoms with E-state index in [9.17, 15) is 0 Å². The number of benzene rings is 23. The molecule has 0 heterocycles. The average Bonchev–Trinajstić information content (AvgIpc) is 0.887. The Hall–Kier alpha value is -14.6. The van der Waals surface area contributed by atoms with Gasteiger partial charge >= 0.3 is 0 Å². The van der Waals surface area contributed by atoms with Gasteiger partial charge in [0.25, 0.3) is 0 Å². The summed E-state index contributed by atoms with van der Waals surface area (Å²) in [6, 6.07) is 162. The molecule has 700 valence electrons. The molecule has 140 heavy (non-hydrogen) atoms. The molecule has 0 nitrogen and oxygen atoms in total. The lowest BCUT2D eigenvalue weighted by molar-refractivity contribution is 0.469. The molecule has 1 aliphatic carbocycles. The van der Waals surface area contributed by atoms with Crippen LogP contribution in [-0.4, -0.2) is 0 Å². The molecule has 0 saturated heterocycles. The van der Waals surface area contributed by atoms with Crippen LogP contribution in [0.25, 0.3) is 196 Å². The van der Waals surface area contributed by atoms with Crippen LogP contribution in [0.2, 0.25) is 0 Å². The maximum absolute atomic E-state index is 2.33. The molecule has 1 aliphatic rings.